The molecule has 2 N–H and O–H groups in total. The molecule has 60 valence electrons. The highest BCUT2D eigenvalue weighted by Crippen LogP contribution is 2.09. The van der Waals surface area contributed by atoms with E-state index in [1.165, 1.54) is 11.1 Å². The zero-order valence-electron chi connectivity index (χ0n) is 6.80. The second kappa shape index (κ2) is 4.69. The molecule has 1 aromatic rings. The van der Waals surface area contributed by atoms with Gasteiger partial charge in [-0.2, -0.15) is 0 Å². The summed E-state index contributed by atoms with van der Waals surface area (Å²) in [5.41, 5.74) is 2.63. The van der Waals surface area contributed by atoms with Crippen molar-refractivity contribution in [1.29, 1.82) is 0 Å². The highest BCUT2D eigenvalue weighted by atomic mass is 16.0. The summed E-state index contributed by atoms with van der Waals surface area (Å²) in [5.74, 6) is 0. The third kappa shape index (κ3) is 2.20. The van der Waals surface area contributed by atoms with Crippen molar-refractivity contribution in [2.45, 2.75) is 13.3 Å². The molecule has 0 aliphatic carbocycles. The highest BCUT2D eigenvalue weighted by molar-refractivity contribution is 5.51. The lowest BCUT2D eigenvalue weighted by Gasteiger charge is -1.99. The number of aryl methyl sites for hydroxylation is 1. The molecule has 0 saturated carbocycles. The average molecular weight is 150 g/mol. The van der Waals surface area contributed by atoms with Crippen LogP contribution in [0.3, 0.4) is 0 Å². The molecule has 0 aliphatic heterocycles. The van der Waals surface area contributed by atoms with Crippen LogP contribution in [0.5, 0.6) is 0 Å². The minimum atomic E-state index is 0. The maximum absolute atomic E-state index is 3.74. The lowest BCUT2D eigenvalue weighted by molar-refractivity contribution is 0.824. The summed E-state index contributed by atoms with van der Waals surface area (Å²) in [6, 6.07) is 8.32. The summed E-state index contributed by atoms with van der Waals surface area (Å²) >= 11 is 0. The first-order chi connectivity index (χ1) is 4.88. The van der Waals surface area contributed by atoms with Gasteiger partial charge in [-0.25, -0.2) is 0 Å². The van der Waals surface area contributed by atoms with E-state index in [0.29, 0.717) is 0 Å². The smallest absolute Gasteiger partial charge is 0.0231 e. The number of benzene rings is 1. The number of rotatable bonds is 2. The van der Waals surface area contributed by atoms with Gasteiger partial charge in [-0.1, -0.05) is 43.8 Å². The van der Waals surface area contributed by atoms with Crippen LogP contribution in [0.25, 0.3) is 6.08 Å². The van der Waals surface area contributed by atoms with Crippen LogP contribution in [0.1, 0.15) is 18.1 Å². The van der Waals surface area contributed by atoms with Crippen molar-refractivity contribution >= 4 is 6.08 Å². The highest BCUT2D eigenvalue weighted by Gasteiger charge is 1.91. The molecule has 1 nitrogen and oxygen atoms in total. The molecule has 0 aliphatic rings. The summed E-state index contributed by atoms with van der Waals surface area (Å²) in [6.45, 7) is 5.89. The van der Waals surface area contributed by atoms with Gasteiger partial charge in [-0.15, -0.1) is 0 Å². The molecule has 0 fully saturated rings. The van der Waals surface area contributed by atoms with E-state index in [2.05, 4.69) is 31.7 Å². The van der Waals surface area contributed by atoms with Crippen molar-refractivity contribution in [2.75, 3.05) is 0 Å². The molecular weight excluding hydrogens is 136 g/mol. The zero-order valence-corrected chi connectivity index (χ0v) is 6.80. The summed E-state index contributed by atoms with van der Waals surface area (Å²) in [7, 11) is 0. The monoisotopic (exact) mass is 150 g/mol. The van der Waals surface area contributed by atoms with Gasteiger partial charge in [0.2, 0.25) is 0 Å². The largest absolute Gasteiger partial charge is 0.412 e. The van der Waals surface area contributed by atoms with Gasteiger partial charge in [0.1, 0.15) is 0 Å². The number of hydrogen-bond acceptors (Lipinski definition) is 0. The Morgan fingerprint density at radius 2 is 2.00 bits per heavy atom. The van der Waals surface area contributed by atoms with Crippen molar-refractivity contribution in [1.82, 2.24) is 0 Å². The van der Waals surface area contributed by atoms with E-state index in [9.17, 15) is 0 Å². The number of hydrogen-bond donors (Lipinski definition) is 0. The third-order valence-corrected chi connectivity index (χ3v) is 1.66. The predicted molar refractivity (Wildman–Crippen MR) is 49.5 cm³/mol. The maximum Gasteiger partial charge on any atom is -0.0231 e. The quantitative estimate of drug-likeness (QED) is 0.618. The fourth-order valence-corrected chi connectivity index (χ4v) is 1.06. The van der Waals surface area contributed by atoms with Crippen molar-refractivity contribution in [3.63, 3.8) is 0 Å². The van der Waals surface area contributed by atoms with Gasteiger partial charge in [0, 0.05) is 0 Å². The normalized spacial score (nSPS) is 8.45. The Morgan fingerprint density at radius 1 is 1.36 bits per heavy atom. The van der Waals surface area contributed by atoms with Crippen molar-refractivity contribution in [3.05, 3.63) is 42.0 Å². The molecule has 1 heteroatoms. The van der Waals surface area contributed by atoms with Crippen LogP contribution in [0, 0.1) is 0 Å². The fraction of sp³-hybridized carbons (Fsp3) is 0.200. The third-order valence-electron chi connectivity index (χ3n) is 1.66. The lowest BCUT2D eigenvalue weighted by Crippen LogP contribution is -1.83. The second-order valence-corrected chi connectivity index (χ2v) is 2.26. The topological polar surface area (TPSA) is 31.5 Å². The first-order valence-electron chi connectivity index (χ1n) is 3.58. The summed E-state index contributed by atoms with van der Waals surface area (Å²) in [6.07, 6.45) is 2.99. The zero-order chi connectivity index (χ0) is 7.40. The van der Waals surface area contributed by atoms with E-state index >= 15 is 0 Å². The van der Waals surface area contributed by atoms with Gasteiger partial charge < -0.3 is 5.48 Å². The fourth-order valence-electron chi connectivity index (χ4n) is 1.06. The van der Waals surface area contributed by atoms with Crippen molar-refractivity contribution in [3.8, 4) is 0 Å². The second-order valence-electron chi connectivity index (χ2n) is 2.26. The average Bonchev–Trinajstić information content (AvgIpc) is 2.04. The van der Waals surface area contributed by atoms with E-state index in [1.807, 2.05) is 12.1 Å². The Hall–Kier alpha value is -1.08. The molecule has 11 heavy (non-hydrogen) atoms. The first-order valence-corrected chi connectivity index (χ1v) is 3.58. The molecule has 0 unspecified atom stereocenters. The Morgan fingerprint density at radius 3 is 2.45 bits per heavy atom. The van der Waals surface area contributed by atoms with E-state index in [1.54, 1.807) is 0 Å². The Kier molecular flexibility index (Phi) is 4.23. The molecule has 0 radical (unpaired) electrons. The summed E-state index contributed by atoms with van der Waals surface area (Å²) < 4.78 is 0. The van der Waals surface area contributed by atoms with Crippen LogP contribution >= 0.6 is 0 Å². The molecular formula is C10H14O. The molecule has 0 amide bonds. The van der Waals surface area contributed by atoms with Crippen LogP contribution in [0.15, 0.2) is 30.8 Å². The van der Waals surface area contributed by atoms with E-state index < -0.39 is 0 Å². The summed E-state index contributed by atoms with van der Waals surface area (Å²) in [4.78, 5) is 0. The van der Waals surface area contributed by atoms with Gasteiger partial charge in [-0.3, -0.25) is 0 Å². The molecule has 1 rings (SSSR count). The standard InChI is InChI=1S/C10H12.H2O/c1-3-9-7-5-6-8-10(9)4-2;/h3,5-8H,1,4H2,2H3;1H2. The molecule has 0 saturated heterocycles. The Balaban J connectivity index is 0.000001000. The van der Waals surface area contributed by atoms with Gasteiger partial charge in [0.25, 0.3) is 0 Å². The van der Waals surface area contributed by atoms with Crippen molar-refractivity contribution in [2.24, 2.45) is 0 Å². The predicted octanol–water partition coefficient (Wildman–Crippen LogP) is 2.07. The van der Waals surface area contributed by atoms with Crippen LogP contribution in [0.2, 0.25) is 0 Å². The SMILES string of the molecule is C=Cc1ccccc1CC.O. The minimum absolute atomic E-state index is 0. The molecule has 0 aromatic heterocycles. The van der Waals surface area contributed by atoms with E-state index in [4.69, 9.17) is 0 Å². The van der Waals surface area contributed by atoms with Gasteiger partial charge in [-0.05, 0) is 17.5 Å². The van der Waals surface area contributed by atoms with Crippen LogP contribution in [-0.2, 0) is 6.42 Å². The molecule has 1 aromatic carbocycles. The molecule has 0 atom stereocenters. The van der Waals surface area contributed by atoms with Crippen LogP contribution in [-0.4, -0.2) is 5.48 Å². The van der Waals surface area contributed by atoms with E-state index in [-0.39, 0.29) is 5.48 Å². The minimum Gasteiger partial charge on any atom is -0.412 e. The summed E-state index contributed by atoms with van der Waals surface area (Å²) in [5, 5.41) is 0. The van der Waals surface area contributed by atoms with E-state index in [0.717, 1.165) is 6.42 Å². The van der Waals surface area contributed by atoms with Crippen LogP contribution < -0.4 is 0 Å². The lowest BCUT2D eigenvalue weighted by atomic mass is 10.1. The Labute approximate surface area is 67.7 Å². The maximum atomic E-state index is 3.74. The van der Waals surface area contributed by atoms with Gasteiger partial charge >= 0.3 is 0 Å². The molecule has 0 spiro atoms. The van der Waals surface area contributed by atoms with Gasteiger partial charge in [0.05, 0.1) is 0 Å². The molecule has 0 heterocycles. The first kappa shape index (κ1) is 9.92. The molecule has 0 bridgehead atoms. The van der Waals surface area contributed by atoms with Crippen molar-refractivity contribution < 1.29 is 5.48 Å². The Bertz CT molecular complexity index is 228. The van der Waals surface area contributed by atoms with Gasteiger partial charge in [0.15, 0.2) is 0 Å². The van der Waals surface area contributed by atoms with Crippen LogP contribution in [0.4, 0.5) is 0 Å².